The third-order valence-electron chi connectivity index (χ3n) is 4.67. The molecule has 3 N–H and O–H groups in total. The fourth-order valence-electron chi connectivity index (χ4n) is 3.11. The van der Waals surface area contributed by atoms with Crippen LogP contribution in [0.4, 0.5) is 11.4 Å². The number of H-pyrrole nitrogens is 1. The molecule has 8 nitrogen and oxygen atoms in total. The summed E-state index contributed by atoms with van der Waals surface area (Å²) in [6.07, 6.45) is 1.82. The summed E-state index contributed by atoms with van der Waals surface area (Å²) in [4.78, 5) is 36.5. The Morgan fingerprint density at radius 1 is 1.06 bits per heavy atom. The van der Waals surface area contributed by atoms with Crippen LogP contribution >= 0.6 is 11.6 Å². The zero-order chi connectivity index (χ0) is 22.5. The SMILES string of the molecule is COCCC(=O)Nc1cccc(-c2nc3cc(NC(=O)c4ccccc4Cl)cnc3[nH]2)c1. The number of hydrogen-bond acceptors (Lipinski definition) is 5. The molecule has 0 aliphatic heterocycles. The number of imidazole rings is 1. The molecule has 0 radical (unpaired) electrons. The van der Waals surface area contributed by atoms with Crippen molar-refractivity contribution in [2.45, 2.75) is 6.42 Å². The van der Waals surface area contributed by atoms with Crippen molar-refractivity contribution in [3.05, 3.63) is 71.4 Å². The summed E-state index contributed by atoms with van der Waals surface area (Å²) in [7, 11) is 1.55. The van der Waals surface area contributed by atoms with Gasteiger partial charge in [0, 0.05) is 18.4 Å². The molecule has 162 valence electrons. The van der Waals surface area contributed by atoms with E-state index in [1.54, 1.807) is 49.7 Å². The number of aromatic nitrogens is 3. The normalized spacial score (nSPS) is 10.8. The number of hydrogen-bond donors (Lipinski definition) is 3. The Labute approximate surface area is 189 Å². The second-order valence-corrected chi connectivity index (χ2v) is 7.39. The number of pyridine rings is 1. The summed E-state index contributed by atoms with van der Waals surface area (Å²) >= 11 is 6.09. The molecular weight excluding hydrogens is 430 g/mol. The molecular formula is C23H20ClN5O3. The molecule has 0 aliphatic rings. The molecule has 0 spiro atoms. The number of aromatic amines is 1. The molecule has 32 heavy (non-hydrogen) atoms. The predicted molar refractivity (Wildman–Crippen MR) is 124 cm³/mol. The highest BCUT2D eigenvalue weighted by molar-refractivity contribution is 6.34. The Balaban J connectivity index is 1.53. The van der Waals surface area contributed by atoms with E-state index in [0.717, 1.165) is 5.56 Å². The van der Waals surface area contributed by atoms with Crippen LogP contribution in [0.5, 0.6) is 0 Å². The van der Waals surface area contributed by atoms with E-state index in [4.69, 9.17) is 16.3 Å². The van der Waals surface area contributed by atoms with Crippen molar-refractivity contribution in [3.8, 4) is 11.4 Å². The number of anilines is 2. The molecule has 4 rings (SSSR count). The molecule has 0 aliphatic carbocycles. The number of amides is 2. The van der Waals surface area contributed by atoms with E-state index in [1.165, 1.54) is 0 Å². The fraction of sp³-hybridized carbons (Fsp3) is 0.130. The van der Waals surface area contributed by atoms with E-state index in [9.17, 15) is 9.59 Å². The first kappa shape index (κ1) is 21.5. The van der Waals surface area contributed by atoms with Gasteiger partial charge in [0.05, 0.1) is 35.5 Å². The summed E-state index contributed by atoms with van der Waals surface area (Å²) < 4.78 is 4.93. The van der Waals surface area contributed by atoms with Gasteiger partial charge in [-0.1, -0.05) is 35.9 Å². The number of carbonyl (C=O) groups is 2. The summed E-state index contributed by atoms with van der Waals surface area (Å²) in [6.45, 7) is 0.357. The topological polar surface area (TPSA) is 109 Å². The van der Waals surface area contributed by atoms with Gasteiger partial charge in [-0.3, -0.25) is 9.59 Å². The highest BCUT2D eigenvalue weighted by atomic mass is 35.5. The maximum Gasteiger partial charge on any atom is 0.257 e. The van der Waals surface area contributed by atoms with Crippen molar-refractivity contribution < 1.29 is 14.3 Å². The van der Waals surface area contributed by atoms with Crippen LogP contribution < -0.4 is 10.6 Å². The largest absolute Gasteiger partial charge is 0.384 e. The fourth-order valence-corrected chi connectivity index (χ4v) is 3.33. The van der Waals surface area contributed by atoms with E-state index >= 15 is 0 Å². The summed E-state index contributed by atoms with van der Waals surface area (Å²) in [5.41, 5.74) is 3.48. The standard InChI is InChI=1S/C23H20ClN5O3/c1-32-10-9-20(30)26-15-6-4-5-14(11-15)21-28-19-12-16(13-25-22(19)29-21)27-23(31)17-7-2-3-8-18(17)24/h2-8,11-13H,9-10H2,1H3,(H,26,30)(H,27,31)(H,25,28,29). The van der Waals surface area contributed by atoms with Gasteiger partial charge in [-0.25, -0.2) is 9.97 Å². The van der Waals surface area contributed by atoms with Crippen LogP contribution in [-0.4, -0.2) is 40.5 Å². The number of nitrogens with one attached hydrogen (secondary N) is 3. The minimum Gasteiger partial charge on any atom is -0.384 e. The Hall–Kier alpha value is -3.75. The monoisotopic (exact) mass is 449 g/mol. The number of methoxy groups -OCH3 is 1. The quantitative estimate of drug-likeness (QED) is 0.384. The second-order valence-electron chi connectivity index (χ2n) is 6.98. The van der Waals surface area contributed by atoms with Gasteiger partial charge in [0.2, 0.25) is 5.91 Å². The van der Waals surface area contributed by atoms with Crippen molar-refractivity contribution in [3.63, 3.8) is 0 Å². The zero-order valence-corrected chi connectivity index (χ0v) is 17.9. The summed E-state index contributed by atoms with van der Waals surface area (Å²) in [5.74, 6) is 0.133. The molecule has 0 fully saturated rings. The predicted octanol–water partition coefficient (Wildman–Crippen LogP) is 4.51. The molecule has 2 aromatic heterocycles. The van der Waals surface area contributed by atoms with Crippen molar-refractivity contribution in [1.82, 2.24) is 15.0 Å². The van der Waals surface area contributed by atoms with Gasteiger partial charge in [-0.15, -0.1) is 0 Å². The van der Waals surface area contributed by atoms with Crippen LogP contribution in [0, 0.1) is 0 Å². The van der Waals surface area contributed by atoms with E-state index in [-0.39, 0.29) is 18.2 Å². The Bertz CT molecular complexity index is 1290. The molecule has 0 unspecified atom stereocenters. The number of carbonyl (C=O) groups excluding carboxylic acids is 2. The molecule has 0 bridgehead atoms. The van der Waals surface area contributed by atoms with Gasteiger partial charge in [0.1, 0.15) is 11.3 Å². The van der Waals surface area contributed by atoms with E-state index in [0.29, 0.717) is 45.6 Å². The average molecular weight is 450 g/mol. The lowest BCUT2D eigenvalue weighted by molar-refractivity contribution is -0.117. The van der Waals surface area contributed by atoms with Crippen LogP contribution in [-0.2, 0) is 9.53 Å². The van der Waals surface area contributed by atoms with Gasteiger partial charge in [0.25, 0.3) is 5.91 Å². The molecule has 9 heteroatoms. The molecule has 2 heterocycles. The lowest BCUT2D eigenvalue weighted by Crippen LogP contribution is -2.13. The van der Waals surface area contributed by atoms with Gasteiger partial charge >= 0.3 is 0 Å². The molecule has 0 saturated carbocycles. The van der Waals surface area contributed by atoms with E-state index in [2.05, 4.69) is 25.6 Å². The minimum absolute atomic E-state index is 0.130. The third-order valence-corrected chi connectivity index (χ3v) is 5.00. The number of rotatable bonds is 7. The highest BCUT2D eigenvalue weighted by Crippen LogP contribution is 2.24. The smallest absolute Gasteiger partial charge is 0.257 e. The molecule has 0 atom stereocenters. The van der Waals surface area contributed by atoms with Crippen molar-refractivity contribution in [2.75, 3.05) is 24.4 Å². The highest BCUT2D eigenvalue weighted by Gasteiger charge is 2.12. The zero-order valence-electron chi connectivity index (χ0n) is 17.2. The lowest BCUT2D eigenvalue weighted by Gasteiger charge is -2.06. The van der Waals surface area contributed by atoms with Gasteiger partial charge in [0.15, 0.2) is 5.65 Å². The maximum atomic E-state index is 12.5. The Kier molecular flexibility index (Phi) is 6.44. The van der Waals surface area contributed by atoms with Crippen LogP contribution in [0.1, 0.15) is 16.8 Å². The van der Waals surface area contributed by atoms with E-state index < -0.39 is 0 Å². The Morgan fingerprint density at radius 3 is 2.72 bits per heavy atom. The number of nitrogens with zero attached hydrogens (tertiary/aromatic N) is 2. The molecule has 0 saturated heterocycles. The first-order chi connectivity index (χ1) is 15.5. The maximum absolute atomic E-state index is 12.5. The van der Waals surface area contributed by atoms with Gasteiger partial charge < -0.3 is 20.4 Å². The van der Waals surface area contributed by atoms with Gasteiger partial charge in [-0.2, -0.15) is 0 Å². The van der Waals surface area contributed by atoms with Crippen LogP contribution in [0.15, 0.2) is 60.8 Å². The number of fused-ring (bicyclic) bond motifs is 1. The second kappa shape index (κ2) is 9.59. The molecule has 4 aromatic rings. The third kappa shape index (κ3) is 4.93. The van der Waals surface area contributed by atoms with Crippen LogP contribution in [0.25, 0.3) is 22.6 Å². The van der Waals surface area contributed by atoms with Crippen molar-refractivity contribution >= 4 is 46.0 Å². The van der Waals surface area contributed by atoms with Crippen molar-refractivity contribution in [1.29, 1.82) is 0 Å². The van der Waals surface area contributed by atoms with Crippen LogP contribution in [0.3, 0.4) is 0 Å². The van der Waals surface area contributed by atoms with Gasteiger partial charge in [-0.05, 0) is 30.3 Å². The van der Waals surface area contributed by atoms with E-state index in [1.807, 2.05) is 18.2 Å². The molecule has 2 aromatic carbocycles. The van der Waals surface area contributed by atoms with Crippen LogP contribution in [0.2, 0.25) is 5.02 Å². The molecule has 2 amide bonds. The number of halogens is 1. The van der Waals surface area contributed by atoms with Crippen molar-refractivity contribution in [2.24, 2.45) is 0 Å². The first-order valence-electron chi connectivity index (χ1n) is 9.84. The first-order valence-corrected chi connectivity index (χ1v) is 10.2. The summed E-state index contributed by atoms with van der Waals surface area (Å²) in [6, 6.07) is 15.9. The lowest BCUT2D eigenvalue weighted by atomic mass is 10.2. The summed E-state index contributed by atoms with van der Waals surface area (Å²) in [5, 5.41) is 6.00. The average Bonchev–Trinajstić information content (AvgIpc) is 3.21. The minimum atomic E-state index is -0.329. The number of benzene rings is 2. The Morgan fingerprint density at radius 2 is 1.91 bits per heavy atom. The number of ether oxygens (including phenoxy) is 1.